The van der Waals surface area contributed by atoms with Gasteiger partial charge in [-0.1, -0.05) is 79.7 Å². The fourth-order valence-electron chi connectivity index (χ4n) is 9.83. The van der Waals surface area contributed by atoms with E-state index in [4.69, 9.17) is 0 Å². The van der Waals surface area contributed by atoms with Gasteiger partial charge in [0.2, 0.25) is 0 Å². The minimum Gasteiger partial charge on any atom is -0.507 e. The topological polar surface area (TPSA) is 126 Å². The fourth-order valence-corrected chi connectivity index (χ4v) is 9.83. The number of benzene rings is 1. The Labute approximate surface area is 255 Å². The molecular weight excluding hydrogens is 544 g/mol. The van der Waals surface area contributed by atoms with E-state index in [-0.39, 0.29) is 29.6 Å². The molecule has 7 nitrogen and oxygen atoms in total. The summed E-state index contributed by atoms with van der Waals surface area (Å²) >= 11 is 0. The van der Waals surface area contributed by atoms with Crippen LogP contribution >= 0.6 is 0 Å². The lowest BCUT2D eigenvalue weighted by Gasteiger charge is -2.62. The summed E-state index contributed by atoms with van der Waals surface area (Å²) in [5, 5.41) is 23.9. The lowest BCUT2D eigenvalue weighted by Crippen LogP contribution is -2.76. The Balaban J connectivity index is 1.65. The molecule has 4 aliphatic rings. The van der Waals surface area contributed by atoms with Crippen LogP contribution in [0.3, 0.4) is 0 Å². The molecule has 3 fully saturated rings. The van der Waals surface area contributed by atoms with Crippen LogP contribution in [0.4, 0.5) is 0 Å². The van der Waals surface area contributed by atoms with Gasteiger partial charge in [-0.05, 0) is 72.5 Å². The molecule has 1 aromatic carbocycles. The minimum absolute atomic E-state index is 0.0557. The zero-order valence-corrected chi connectivity index (χ0v) is 26.8. The number of hydrogen-bond donors (Lipinski definition) is 2. The second-order valence-corrected chi connectivity index (χ2v) is 15.4. The van der Waals surface area contributed by atoms with Crippen molar-refractivity contribution in [3.05, 3.63) is 28.3 Å². The second kappa shape index (κ2) is 10.7. The Morgan fingerprint density at radius 3 is 2.19 bits per heavy atom. The van der Waals surface area contributed by atoms with Crippen LogP contribution in [0.2, 0.25) is 0 Å². The normalized spacial score (nSPS) is 34.8. The number of aliphatic hydroxyl groups is 1. The third kappa shape index (κ3) is 4.50. The van der Waals surface area contributed by atoms with Gasteiger partial charge in [0, 0.05) is 11.3 Å². The smallest absolute Gasteiger partial charge is 0.190 e. The molecule has 5 rings (SSSR count). The molecule has 234 valence electrons. The van der Waals surface area contributed by atoms with Crippen molar-refractivity contribution in [2.75, 3.05) is 0 Å². The molecule has 0 spiro atoms. The van der Waals surface area contributed by atoms with Crippen LogP contribution < -0.4 is 0 Å². The van der Waals surface area contributed by atoms with Gasteiger partial charge in [0.05, 0.1) is 11.5 Å². The van der Waals surface area contributed by atoms with Gasteiger partial charge in [0.15, 0.2) is 28.7 Å². The van der Waals surface area contributed by atoms with Gasteiger partial charge in [0.1, 0.15) is 17.5 Å². The quantitative estimate of drug-likeness (QED) is 0.404. The number of Topliss-reactive ketones (excluding diaryl/α,β-unsaturated/α-hetero) is 5. The molecule has 0 aliphatic heterocycles. The van der Waals surface area contributed by atoms with Crippen LogP contribution in [0.25, 0.3) is 0 Å². The highest BCUT2D eigenvalue weighted by molar-refractivity contribution is 6.32. The highest BCUT2D eigenvalue weighted by Crippen LogP contribution is 2.64. The van der Waals surface area contributed by atoms with Gasteiger partial charge in [-0.15, -0.1) is 0 Å². The maximum atomic E-state index is 14.6. The summed E-state index contributed by atoms with van der Waals surface area (Å²) in [6.45, 7) is 12.3. The number of ketones is 5. The van der Waals surface area contributed by atoms with Crippen LogP contribution in [0.15, 0.2) is 6.07 Å². The summed E-state index contributed by atoms with van der Waals surface area (Å²) in [5.74, 6) is -7.75. The first-order valence-corrected chi connectivity index (χ1v) is 16.3. The molecule has 0 aromatic heterocycles. The summed E-state index contributed by atoms with van der Waals surface area (Å²) < 4.78 is 0. The van der Waals surface area contributed by atoms with E-state index < -0.39 is 63.1 Å². The van der Waals surface area contributed by atoms with Gasteiger partial charge < -0.3 is 10.2 Å². The van der Waals surface area contributed by atoms with Crippen molar-refractivity contribution < 1.29 is 34.2 Å². The van der Waals surface area contributed by atoms with E-state index in [1.54, 1.807) is 20.8 Å². The Hall–Kier alpha value is -2.67. The number of rotatable bonds is 6. The van der Waals surface area contributed by atoms with Gasteiger partial charge in [-0.3, -0.25) is 24.0 Å². The average molecular weight is 593 g/mol. The number of hydrogen-bond acceptors (Lipinski definition) is 7. The summed E-state index contributed by atoms with van der Waals surface area (Å²) in [6, 6.07) is 2.03. The molecule has 1 aromatic rings. The van der Waals surface area contributed by atoms with Crippen molar-refractivity contribution in [3.63, 3.8) is 0 Å². The first-order valence-electron chi connectivity index (χ1n) is 16.3. The van der Waals surface area contributed by atoms with Crippen LogP contribution in [0.1, 0.15) is 126 Å². The highest BCUT2D eigenvalue weighted by Gasteiger charge is 2.76. The minimum atomic E-state index is -2.67. The third-order valence-electron chi connectivity index (χ3n) is 11.7. The second-order valence-electron chi connectivity index (χ2n) is 15.4. The van der Waals surface area contributed by atoms with Crippen LogP contribution in [-0.4, -0.2) is 44.7 Å². The summed E-state index contributed by atoms with van der Waals surface area (Å²) in [6.07, 6.45) is 7.95. The Morgan fingerprint density at radius 1 is 1.00 bits per heavy atom. The van der Waals surface area contributed by atoms with Gasteiger partial charge in [-0.2, -0.15) is 0 Å². The van der Waals surface area contributed by atoms with E-state index in [1.165, 1.54) is 32.1 Å². The number of carbonyl (C=O) groups is 5. The molecule has 0 bridgehead atoms. The van der Waals surface area contributed by atoms with Crippen molar-refractivity contribution in [1.29, 1.82) is 0 Å². The Morgan fingerprint density at radius 2 is 1.63 bits per heavy atom. The zero-order valence-electron chi connectivity index (χ0n) is 26.8. The van der Waals surface area contributed by atoms with E-state index in [2.05, 4.69) is 13.8 Å². The SMILES string of the molecule is CC(=O)C1C(=O)C(C(C)C)[C@@]2(C)C[C@@]3(C)Cc4c(C(C)C)cc(CCC5CCCCC5)c(O)c4C(=O)C3C(=O)[C@@]2(O)C1=O. The number of aryl methyl sites for hydroxylation is 1. The molecule has 43 heavy (non-hydrogen) atoms. The highest BCUT2D eigenvalue weighted by atomic mass is 16.3. The lowest BCUT2D eigenvalue weighted by atomic mass is 9.39. The molecular formula is C36H48O7. The van der Waals surface area contributed by atoms with Crippen LogP contribution in [-0.2, 0) is 32.0 Å². The molecule has 3 unspecified atom stereocenters. The number of phenols is 1. The number of carbonyl (C=O) groups excluding carboxylic acids is 5. The van der Waals surface area contributed by atoms with E-state index in [0.29, 0.717) is 24.3 Å². The molecule has 7 heteroatoms. The number of aromatic hydroxyl groups is 1. The third-order valence-corrected chi connectivity index (χ3v) is 11.7. The van der Waals surface area contributed by atoms with Gasteiger partial charge in [0.25, 0.3) is 0 Å². The molecule has 0 saturated heterocycles. The molecule has 2 N–H and O–H groups in total. The van der Waals surface area contributed by atoms with Crippen molar-refractivity contribution in [1.82, 2.24) is 0 Å². The maximum Gasteiger partial charge on any atom is 0.190 e. The Bertz CT molecular complexity index is 1400. The van der Waals surface area contributed by atoms with Gasteiger partial charge in [-0.25, -0.2) is 0 Å². The monoisotopic (exact) mass is 592 g/mol. The predicted octanol–water partition coefficient (Wildman–Crippen LogP) is 5.73. The first kappa shape index (κ1) is 31.7. The molecule has 0 radical (unpaired) electrons. The van der Waals surface area contributed by atoms with E-state index in [9.17, 15) is 34.2 Å². The van der Waals surface area contributed by atoms with E-state index in [1.807, 2.05) is 13.0 Å². The predicted molar refractivity (Wildman–Crippen MR) is 162 cm³/mol. The maximum absolute atomic E-state index is 14.6. The van der Waals surface area contributed by atoms with Crippen LogP contribution in [0.5, 0.6) is 5.75 Å². The molecule has 6 atom stereocenters. The standard InChI is InChI=1S/C36H48O7/c1-18(2)23-15-22(14-13-21-11-9-8-10-12-21)29(38)26-24(23)16-34(6)17-35(7)27(19(3)4)30(39)25(20(5)37)32(41)36(35,43)33(42)28(34)31(26)40/h15,18-19,21,25,27-28,38,43H,8-14,16-17H2,1-7H3/t25?,27?,28?,34-,35-,36+/m1/s1. The van der Waals surface area contributed by atoms with Gasteiger partial charge >= 0.3 is 0 Å². The number of fused-ring (bicyclic) bond motifs is 3. The average Bonchev–Trinajstić information content (AvgIpc) is 2.90. The lowest BCUT2D eigenvalue weighted by molar-refractivity contribution is -0.205. The molecule has 4 aliphatic carbocycles. The Kier molecular flexibility index (Phi) is 7.93. The molecule has 3 saturated carbocycles. The number of phenolic OH excluding ortho intramolecular Hbond substituents is 1. The molecule has 0 heterocycles. The van der Waals surface area contributed by atoms with Crippen molar-refractivity contribution in [2.45, 2.75) is 118 Å². The fraction of sp³-hybridized carbons (Fsp3) is 0.694. The summed E-state index contributed by atoms with van der Waals surface area (Å²) in [4.78, 5) is 69.2. The van der Waals surface area contributed by atoms with Crippen LogP contribution in [0, 0.1) is 40.4 Å². The van der Waals surface area contributed by atoms with Crippen molar-refractivity contribution in [2.24, 2.45) is 40.4 Å². The van der Waals surface area contributed by atoms with Crippen molar-refractivity contribution >= 4 is 28.9 Å². The summed E-state index contributed by atoms with van der Waals surface area (Å²) in [5.41, 5.74) is -2.65. The first-order chi connectivity index (χ1) is 20.0. The van der Waals surface area contributed by atoms with E-state index >= 15 is 0 Å². The van der Waals surface area contributed by atoms with E-state index in [0.717, 1.165) is 24.5 Å². The molecule has 0 amide bonds. The largest absolute Gasteiger partial charge is 0.507 e. The van der Waals surface area contributed by atoms with Crippen molar-refractivity contribution in [3.8, 4) is 5.75 Å². The zero-order chi connectivity index (χ0) is 31.8. The summed E-state index contributed by atoms with van der Waals surface area (Å²) in [7, 11) is 0.